The lowest BCUT2D eigenvalue weighted by molar-refractivity contribution is 0.613. The molecule has 3 rings (SSSR count). The van der Waals surface area contributed by atoms with Gasteiger partial charge in [0.2, 0.25) is 0 Å². The van der Waals surface area contributed by atoms with Crippen LogP contribution in [0.2, 0.25) is 0 Å². The van der Waals surface area contributed by atoms with Crippen LogP contribution in [0.5, 0.6) is 0 Å². The molecule has 0 bridgehead atoms. The van der Waals surface area contributed by atoms with E-state index in [0.29, 0.717) is 11.6 Å². The molecule has 0 amide bonds. The van der Waals surface area contributed by atoms with Crippen LogP contribution in [0.1, 0.15) is 24.5 Å². The molecule has 2 aromatic rings. The van der Waals surface area contributed by atoms with Crippen LogP contribution in [0.3, 0.4) is 0 Å². The highest BCUT2D eigenvalue weighted by Gasteiger charge is 2.26. The Balaban J connectivity index is 2.17. The van der Waals surface area contributed by atoms with Crippen molar-refractivity contribution in [3.05, 3.63) is 53.7 Å². The Hall–Kier alpha value is -2.34. The summed E-state index contributed by atoms with van der Waals surface area (Å²) in [7, 11) is 0. The fourth-order valence-electron chi connectivity index (χ4n) is 2.69. The first-order chi connectivity index (χ1) is 9.31. The molecule has 0 fully saturated rings. The second kappa shape index (κ2) is 4.74. The van der Waals surface area contributed by atoms with Gasteiger partial charge in [-0.15, -0.1) is 0 Å². The van der Waals surface area contributed by atoms with Crippen molar-refractivity contribution in [2.24, 2.45) is 0 Å². The molecule has 0 aliphatic carbocycles. The highest BCUT2D eigenvalue weighted by molar-refractivity contribution is 5.70. The number of aromatic nitrogens is 1. The SMILES string of the molecule is CC1CCc2ccccc2N1c1ncccc1C#N. The van der Waals surface area contributed by atoms with Crippen molar-refractivity contribution < 1.29 is 0 Å². The van der Waals surface area contributed by atoms with Gasteiger partial charge in [-0.1, -0.05) is 18.2 Å². The molecule has 1 aromatic carbocycles. The molecule has 3 heteroatoms. The average Bonchev–Trinajstić information content (AvgIpc) is 2.47. The molecule has 1 atom stereocenters. The third kappa shape index (κ3) is 1.96. The number of benzene rings is 1. The van der Waals surface area contributed by atoms with Crippen molar-refractivity contribution >= 4 is 11.5 Å². The summed E-state index contributed by atoms with van der Waals surface area (Å²) in [6.07, 6.45) is 3.92. The van der Waals surface area contributed by atoms with Crippen LogP contribution in [-0.4, -0.2) is 11.0 Å². The number of hydrogen-bond donors (Lipinski definition) is 0. The van der Waals surface area contributed by atoms with Crippen molar-refractivity contribution in [2.45, 2.75) is 25.8 Å². The van der Waals surface area contributed by atoms with Gasteiger partial charge >= 0.3 is 0 Å². The highest BCUT2D eigenvalue weighted by atomic mass is 15.2. The van der Waals surface area contributed by atoms with Gasteiger partial charge < -0.3 is 4.90 Å². The third-order valence-corrected chi connectivity index (χ3v) is 3.66. The van der Waals surface area contributed by atoms with E-state index in [2.05, 4.69) is 41.1 Å². The standard InChI is InChI=1S/C16H15N3/c1-12-8-9-13-5-2-3-7-15(13)19(12)16-14(11-17)6-4-10-18-16/h2-7,10,12H,8-9H2,1H3. The Morgan fingerprint density at radius 2 is 2.11 bits per heavy atom. The molecule has 0 spiro atoms. The molecule has 3 nitrogen and oxygen atoms in total. The van der Waals surface area contributed by atoms with E-state index in [-0.39, 0.29) is 0 Å². The molecule has 19 heavy (non-hydrogen) atoms. The fourth-order valence-corrected chi connectivity index (χ4v) is 2.69. The molecule has 94 valence electrons. The summed E-state index contributed by atoms with van der Waals surface area (Å²) < 4.78 is 0. The zero-order valence-corrected chi connectivity index (χ0v) is 10.9. The molecule has 0 N–H and O–H groups in total. The van der Waals surface area contributed by atoms with Gasteiger partial charge in [0.15, 0.2) is 5.82 Å². The molecule has 1 aliphatic rings. The van der Waals surface area contributed by atoms with Crippen LogP contribution in [0.4, 0.5) is 11.5 Å². The number of nitriles is 1. The average molecular weight is 249 g/mol. The van der Waals surface area contributed by atoms with E-state index in [9.17, 15) is 5.26 Å². The number of hydrogen-bond acceptors (Lipinski definition) is 3. The lowest BCUT2D eigenvalue weighted by Crippen LogP contribution is -2.34. The number of nitrogens with zero attached hydrogens (tertiary/aromatic N) is 3. The predicted molar refractivity (Wildman–Crippen MR) is 75.3 cm³/mol. The van der Waals surface area contributed by atoms with E-state index < -0.39 is 0 Å². The van der Waals surface area contributed by atoms with Gasteiger partial charge in [-0.2, -0.15) is 5.26 Å². The fraction of sp³-hybridized carbons (Fsp3) is 0.250. The smallest absolute Gasteiger partial charge is 0.151 e. The predicted octanol–water partition coefficient (Wildman–Crippen LogP) is 3.43. The summed E-state index contributed by atoms with van der Waals surface area (Å²) >= 11 is 0. The maximum Gasteiger partial charge on any atom is 0.151 e. The highest BCUT2D eigenvalue weighted by Crippen LogP contribution is 2.36. The minimum atomic E-state index is 0.358. The quantitative estimate of drug-likeness (QED) is 0.777. The Morgan fingerprint density at radius 1 is 1.26 bits per heavy atom. The first-order valence-corrected chi connectivity index (χ1v) is 6.53. The molecule has 2 heterocycles. The van der Waals surface area contributed by atoms with Crippen LogP contribution in [0.15, 0.2) is 42.6 Å². The number of pyridine rings is 1. The van der Waals surface area contributed by atoms with Crippen molar-refractivity contribution in [1.82, 2.24) is 4.98 Å². The van der Waals surface area contributed by atoms with Crippen LogP contribution >= 0.6 is 0 Å². The van der Waals surface area contributed by atoms with E-state index >= 15 is 0 Å². The van der Waals surface area contributed by atoms with Crippen molar-refractivity contribution in [3.8, 4) is 6.07 Å². The van der Waals surface area contributed by atoms with E-state index in [1.165, 1.54) is 11.3 Å². The van der Waals surface area contributed by atoms with Gasteiger partial charge in [-0.25, -0.2) is 4.98 Å². The van der Waals surface area contributed by atoms with E-state index in [4.69, 9.17) is 0 Å². The third-order valence-electron chi connectivity index (χ3n) is 3.66. The van der Waals surface area contributed by atoms with E-state index in [1.807, 2.05) is 18.2 Å². The number of rotatable bonds is 1. The summed E-state index contributed by atoms with van der Waals surface area (Å²) in [5, 5.41) is 9.27. The largest absolute Gasteiger partial charge is 0.322 e. The zero-order chi connectivity index (χ0) is 13.2. The summed E-state index contributed by atoms with van der Waals surface area (Å²) in [6.45, 7) is 2.19. The lowest BCUT2D eigenvalue weighted by Gasteiger charge is -2.36. The second-order valence-electron chi connectivity index (χ2n) is 4.87. The number of fused-ring (bicyclic) bond motifs is 1. The first-order valence-electron chi connectivity index (χ1n) is 6.53. The minimum Gasteiger partial charge on any atom is -0.322 e. The van der Waals surface area contributed by atoms with Crippen LogP contribution < -0.4 is 4.90 Å². The molecular formula is C16H15N3. The second-order valence-corrected chi connectivity index (χ2v) is 4.87. The van der Waals surface area contributed by atoms with Crippen molar-refractivity contribution in [1.29, 1.82) is 5.26 Å². The molecule has 0 saturated carbocycles. The summed E-state index contributed by atoms with van der Waals surface area (Å²) in [5.74, 6) is 0.768. The number of aryl methyl sites for hydroxylation is 1. The van der Waals surface area contributed by atoms with Gasteiger partial charge in [-0.3, -0.25) is 0 Å². The van der Waals surface area contributed by atoms with Gasteiger partial charge in [0, 0.05) is 17.9 Å². The maximum absolute atomic E-state index is 9.27. The number of anilines is 2. The lowest BCUT2D eigenvalue weighted by atomic mass is 9.96. The van der Waals surface area contributed by atoms with E-state index in [1.54, 1.807) is 6.20 Å². The minimum absolute atomic E-state index is 0.358. The van der Waals surface area contributed by atoms with Crippen LogP contribution in [0.25, 0.3) is 0 Å². The summed E-state index contributed by atoms with van der Waals surface area (Å²) in [5.41, 5.74) is 3.14. The molecule has 0 saturated heterocycles. The van der Waals surface area contributed by atoms with Gasteiger partial charge in [0.25, 0.3) is 0 Å². The zero-order valence-electron chi connectivity index (χ0n) is 10.9. The Bertz CT molecular complexity index is 642. The first kappa shape index (κ1) is 11.7. The maximum atomic E-state index is 9.27. The molecule has 1 unspecified atom stereocenters. The summed E-state index contributed by atoms with van der Waals surface area (Å²) in [4.78, 5) is 6.62. The Morgan fingerprint density at radius 3 is 2.95 bits per heavy atom. The van der Waals surface area contributed by atoms with Crippen LogP contribution in [0, 0.1) is 11.3 Å². The van der Waals surface area contributed by atoms with Gasteiger partial charge in [0.1, 0.15) is 6.07 Å². The van der Waals surface area contributed by atoms with Gasteiger partial charge in [-0.05, 0) is 43.5 Å². The Labute approximate surface area is 113 Å². The molecular weight excluding hydrogens is 234 g/mol. The Kier molecular flexibility index (Phi) is 2.92. The van der Waals surface area contributed by atoms with Gasteiger partial charge in [0.05, 0.1) is 5.56 Å². The number of para-hydroxylation sites is 1. The summed E-state index contributed by atoms with van der Waals surface area (Å²) in [6, 6.07) is 14.6. The normalized spacial score (nSPS) is 17.7. The molecule has 1 aliphatic heterocycles. The van der Waals surface area contributed by atoms with Crippen LogP contribution in [-0.2, 0) is 6.42 Å². The van der Waals surface area contributed by atoms with E-state index in [0.717, 1.165) is 18.7 Å². The monoisotopic (exact) mass is 249 g/mol. The van der Waals surface area contributed by atoms with Crippen molar-refractivity contribution in [3.63, 3.8) is 0 Å². The molecule has 1 aromatic heterocycles. The van der Waals surface area contributed by atoms with Crippen molar-refractivity contribution in [2.75, 3.05) is 4.90 Å². The topological polar surface area (TPSA) is 39.9 Å². The molecule has 0 radical (unpaired) electrons.